The maximum atomic E-state index is 12.9. The molecule has 3 aromatic rings. The molecule has 1 amide bonds. The van der Waals surface area contributed by atoms with E-state index < -0.39 is 0 Å². The zero-order valence-electron chi connectivity index (χ0n) is 19.3. The van der Waals surface area contributed by atoms with Crippen molar-refractivity contribution < 1.29 is 33.0 Å². The summed E-state index contributed by atoms with van der Waals surface area (Å²) in [5, 5.41) is 3.96. The minimum absolute atomic E-state index is 0.138. The number of carbonyl (C=O) groups excluding carboxylic acids is 1. The summed E-state index contributed by atoms with van der Waals surface area (Å²) < 4.78 is 31.9. The highest BCUT2D eigenvalue weighted by atomic mass is 16.5. The van der Waals surface area contributed by atoms with Crippen LogP contribution in [-0.4, -0.2) is 63.0 Å². The van der Waals surface area contributed by atoms with Crippen LogP contribution >= 0.6 is 0 Å². The number of likely N-dealkylation sites (N-methyl/N-ethyl adjacent to an activating group) is 1. The number of amides is 1. The average molecular weight is 457 g/mol. The van der Waals surface area contributed by atoms with Gasteiger partial charge in [-0.15, -0.1) is 0 Å². The minimum atomic E-state index is -0.208. The van der Waals surface area contributed by atoms with Gasteiger partial charge >= 0.3 is 0 Å². The van der Waals surface area contributed by atoms with Crippen LogP contribution in [0.5, 0.6) is 28.7 Å². The van der Waals surface area contributed by atoms with E-state index in [-0.39, 0.29) is 12.5 Å². The minimum Gasteiger partial charge on any atom is -0.497 e. The summed E-state index contributed by atoms with van der Waals surface area (Å²) in [6, 6.07) is 10.4. The van der Waals surface area contributed by atoms with Gasteiger partial charge < -0.3 is 33.1 Å². The number of aromatic nitrogens is 2. The molecule has 0 aliphatic rings. The quantitative estimate of drug-likeness (QED) is 0.430. The molecule has 0 aliphatic heterocycles. The molecule has 0 radical (unpaired) electrons. The lowest BCUT2D eigenvalue weighted by atomic mass is 10.1. The van der Waals surface area contributed by atoms with E-state index in [0.717, 1.165) is 5.75 Å². The number of methoxy groups -OCH3 is 4. The van der Waals surface area contributed by atoms with Crippen molar-refractivity contribution >= 4 is 5.91 Å². The summed E-state index contributed by atoms with van der Waals surface area (Å²) in [4.78, 5) is 18.8. The first-order valence-corrected chi connectivity index (χ1v) is 10.1. The van der Waals surface area contributed by atoms with Crippen LogP contribution in [0, 0.1) is 0 Å². The van der Waals surface area contributed by atoms with Gasteiger partial charge in [0.15, 0.2) is 23.9 Å². The molecule has 0 unspecified atom stereocenters. The normalized spacial score (nSPS) is 10.5. The van der Waals surface area contributed by atoms with E-state index >= 15 is 0 Å². The predicted octanol–water partition coefficient (Wildman–Crippen LogP) is 3.00. The van der Waals surface area contributed by atoms with Crippen LogP contribution in [-0.2, 0) is 13.0 Å². The first-order chi connectivity index (χ1) is 16.0. The van der Waals surface area contributed by atoms with Crippen LogP contribution in [0.3, 0.4) is 0 Å². The zero-order valence-corrected chi connectivity index (χ0v) is 19.3. The molecule has 0 spiro atoms. The highest BCUT2D eigenvalue weighted by Gasteiger charge is 2.20. The lowest BCUT2D eigenvalue weighted by molar-refractivity contribution is 0.0795. The molecule has 0 atom stereocenters. The molecule has 10 heteroatoms. The molecule has 176 valence electrons. The molecular weight excluding hydrogens is 430 g/mol. The Morgan fingerprint density at radius 1 is 0.939 bits per heavy atom. The van der Waals surface area contributed by atoms with E-state index in [9.17, 15) is 4.79 Å². The Hall–Kier alpha value is -3.95. The van der Waals surface area contributed by atoms with Gasteiger partial charge in [-0.2, -0.15) is 4.98 Å². The maximum Gasteiger partial charge on any atom is 0.264 e. The van der Waals surface area contributed by atoms with Crippen molar-refractivity contribution in [2.24, 2.45) is 0 Å². The summed E-state index contributed by atoms with van der Waals surface area (Å²) in [6.07, 6.45) is 0.415. The van der Waals surface area contributed by atoms with Gasteiger partial charge in [0.1, 0.15) is 11.5 Å². The average Bonchev–Trinajstić information content (AvgIpc) is 3.32. The largest absolute Gasteiger partial charge is 0.497 e. The van der Waals surface area contributed by atoms with Crippen LogP contribution in [0.4, 0.5) is 0 Å². The van der Waals surface area contributed by atoms with Crippen molar-refractivity contribution in [3.63, 3.8) is 0 Å². The van der Waals surface area contributed by atoms with Gasteiger partial charge in [-0.3, -0.25) is 4.79 Å². The third-order valence-corrected chi connectivity index (χ3v) is 4.86. The maximum absolute atomic E-state index is 12.9. The highest BCUT2D eigenvalue weighted by Crippen LogP contribution is 2.38. The number of nitrogens with zero attached hydrogens (tertiary/aromatic N) is 3. The first kappa shape index (κ1) is 23.7. The van der Waals surface area contributed by atoms with Gasteiger partial charge in [0, 0.05) is 25.6 Å². The number of rotatable bonds is 11. The summed E-state index contributed by atoms with van der Waals surface area (Å²) in [5.74, 6) is 3.27. The van der Waals surface area contributed by atoms with Crippen LogP contribution in [0.1, 0.15) is 22.1 Å². The fourth-order valence-corrected chi connectivity index (χ4v) is 3.06. The van der Waals surface area contributed by atoms with Crippen LogP contribution in [0.2, 0.25) is 0 Å². The van der Waals surface area contributed by atoms with Gasteiger partial charge in [0.2, 0.25) is 5.75 Å². The molecule has 10 nitrogen and oxygen atoms in total. The van der Waals surface area contributed by atoms with Crippen molar-refractivity contribution in [3.8, 4) is 28.7 Å². The topological polar surface area (TPSA) is 105 Å². The van der Waals surface area contributed by atoms with Crippen molar-refractivity contribution in [3.05, 3.63) is 53.7 Å². The highest BCUT2D eigenvalue weighted by molar-refractivity contribution is 5.95. The molecule has 3 rings (SSSR count). The number of hydrogen-bond acceptors (Lipinski definition) is 9. The van der Waals surface area contributed by atoms with Crippen LogP contribution < -0.4 is 23.7 Å². The van der Waals surface area contributed by atoms with Gasteiger partial charge in [-0.05, 0) is 36.4 Å². The molecule has 1 heterocycles. The van der Waals surface area contributed by atoms with E-state index in [4.69, 9.17) is 28.2 Å². The van der Waals surface area contributed by atoms with Crippen LogP contribution in [0.15, 0.2) is 40.9 Å². The van der Waals surface area contributed by atoms with Gasteiger partial charge in [-0.1, -0.05) is 5.16 Å². The molecule has 0 N–H and O–H groups in total. The van der Waals surface area contributed by atoms with E-state index in [2.05, 4.69) is 10.1 Å². The third kappa shape index (κ3) is 5.85. The lowest BCUT2D eigenvalue weighted by Crippen LogP contribution is -2.29. The lowest BCUT2D eigenvalue weighted by Gasteiger charge is -2.18. The Morgan fingerprint density at radius 2 is 1.58 bits per heavy atom. The Bertz CT molecular complexity index is 1040. The fourth-order valence-electron chi connectivity index (χ4n) is 3.06. The number of benzene rings is 2. The summed E-state index contributed by atoms with van der Waals surface area (Å²) in [7, 11) is 7.81. The van der Waals surface area contributed by atoms with Crippen molar-refractivity contribution in [1.82, 2.24) is 15.0 Å². The Balaban J connectivity index is 1.56. The second-order valence-corrected chi connectivity index (χ2v) is 6.96. The smallest absolute Gasteiger partial charge is 0.264 e. The molecule has 33 heavy (non-hydrogen) atoms. The number of carbonyl (C=O) groups is 1. The molecule has 0 saturated heterocycles. The molecular formula is C23H27N3O7. The molecule has 0 aliphatic carbocycles. The third-order valence-electron chi connectivity index (χ3n) is 4.86. The molecule has 2 aromatic carbocycles. The van der Waals surface area contributed by atoms with E-state index in [1.165, 1.54) is 21.3 Å². The van der Waals surface area contributed by atoms with Crippen molar-refractivity contribution in [1.29, 1.82) is 0 Å². The number of ether oxygens (including phenoxy) is 5. The van der Waals surface area contributed by atoms with Crippen molar-refractivity contribution in [2.75, 3.05) is 42.0 Å². The summed E-state index contributed by atoms with van der Waals surface area (Å²) >= 11 is 0. The Labute approximate surface area is 192 Å². The standard InChI is InChI=1S/C23H27N3O7/c1-26(23(27)15-12-18(29-3)22(31-5)19(13-15)30-4)11-10-20-24-21(33-25-20)14-32-17-8-6-16(28-2)7-9-17/h6-9,12-13H,10-11,14H2,1-5H3. The molecule has 0 saturated carbocycles. The van der Waals surface area contributed by atoms with Crippen molar-refractivity contribution in [2.45, 2.75) is 13.0 Å². The molecule has 0 bridgehead atoms. The van der Waals surface area contributed by atoms with Crippen LogP contribution in [0.25, 0.3) is 0 Å². The Kier molecular flexibility index (Phi) is 7.96. The van der Waals surface area contributed by atoms with E-state index in [0.29, 0.717) is 53.2 Å². The van der Waals surface area contributed by atoms with E-state index in [1.54, 1.807) is 55.5 Å². The fraction of sp³-hybridized carbons (Fsp3) is 0.348. The zero-order chi connectivity index (χ0) is 23.8. The SMILES string of the molecule is COc1ccc(OCc2nc(CCN(C)C(=O)c3cc(OC)c(OC)c(OC)c3)no2)cc1. The summed E-state index contributed by atoms with van der Waals surface area (Å²) in [5.41, 5.74) is 0.411. The Morgan fingerprint density at radius 3 is 2.15 bits per heavy atom. The van der Waals surface area contributed by atoms with Gasteiger partial charge in [0.05, 0.1) is 28.4 Å². The van der Waals surface area contributed by atoms with Gasteiger partial charge in [-0.25, -0.2) is 0 Å². The summed E-state index contributed by atoms with van der Waals surface area (Å²) in [6.45, 7) is 0.521. The number of hydrogen-bond donors (Lipinski definition) is 0. The second kappa shape index (κ2) is 11.1. The monoisotopic (exact) mass is 457 g/mol. The second-order valence-electron chi connectivity index (χ2n) is 6.96. The first-order valence-electron chi connectivity index (χ1n) is 10.1. The molecule has 1 aromatic heterocycles. The molecule has 0 fully saturated rings. The van der Waals surface area contributed by atoms with E-state index in [1.807, 2.05) is 0 Å². The predicted molar refractivity (Wildman–Crippen MR) is 118 cm³/mol. The van der Waals surface area contributed by atoms with Gasteiger partial charge in [0.25, 0.3) is 11.8 Å².